The second-order valence-corrected chi connectivity index (χ2v) is 6.93. The standard InChI is InChI=1S/C19H27N3O4/c1-25-15-6-4-13(5-7-15)9-16-18(17(23)12-21-16)26-19(24)22-11-14-3-2-8-20-10-14/h4-7,14,16,18,20-21H,2-3,8-12H2,1H3,(H,22,24)/t14-,16-,18+/m1/s1. The van der Waals surface area contributed by atoms with Gasteiger partial charge < -0.3 is 25.4 Å². The molecular weight excluding hydrogens is 334 g/mol. The molecule has 2 saturated heterocycles. The zero-order chi connectivity index (χ0) is 18.4. The van der Waals surface area contributed by atoms with Crippen molar-refractivity contribution in [3.05, 3.63) is 29.8 Å². The van der Waals surface area contributed by atoms with E-state index in [1.165, 1.54) is 0 Å². The highest BCUT2D eigenvalue weighted by Crippen LogP contribution is 2.17. The number of benzene rings is 1. The van der Waals surface area contributed by atoms with Crippen LogP contribution in [0.3, 0.4) is 0 Å². The molecule has 2 aliphatic heterocycles. The van der Waals surface area contributed by atoms with Crippen LogP contribution in [0.25, 0.3) is 0 Å². The first kappa shape index (κ1) is 18.7. The molecule has 0 spiro atoms. The Labute approximate surface area is 153 Å². The molecule has 2 fully saturated rings. The Balaban J connectivity index is 1.50. The van der Waals surface area contributed by atoms with Crippen molar-refractivity contribution in [2.45, 2.75) is 31.4 Å². The maximum atomic E-state index is 12.1. The molecule has 0 aliphatic carbocycles. The first-order chi connectivity index (χ1) is 12.7. The van der Waals surface area contributed by atoms with Crippen molar-refractivity contribution in [2.24, 2.45) is 5.92 Å². The van der Waals surface area contributed by atoms with Gasteiger partial charge in [0, 0.05) is 6.54 Å². The van der Waals surface area contributed by atoms with Gasteiger partial charge in [-0.15, -0.1) is 0 Å². The Hall–Kier alpha value is -2.12. The summed E-state index contributed by atoms with van der Waals surface area (Å²) in [7, 11) is 1.62. The van der Waals surface area contributed by atoms with Crippen molar-refractivity contribution >= 4 is 11.9 Å². The number of rotatable bonds is 6. The second kappa shape index (κ2) is 9.00. The van der Waals surface area contributed by atoms with Crippen LogP contribution in [0.15, 0.2) is 24.3 Å². The summed E-state index contributed by atoms with van der Waals surface area (Å²) in [5, 5.41) is 9.27. The van der Waals surface area contributed by atoms with Crippen molar-refractivity contribution < 1.29 is 19.1 Å². The monoisotopic (exact) mass is 361 g/mol. The van der Waals surface area contributed by atoms with Crippen molar-refractivity contribution in [3.8, 4) is 5.75 Å². The average molecular weight is 361 g/mol. The van der Waals surface area contributed by atoms with Crippen molar-refractivity contribution in [2.75, 3.05) is 33.3 Å². The van der Waals surface area contributed by atoms with Gasteiger partial charge >= 0.3 is 6.09 Å². The maximum Gasteiger partial charge on any atom is 0.407 e. The number of amides is 1. The van der Waals surface area contributed by atoms with Crippen molar-refractivity contribution in [3.63, 3.8) is 0 Å². The van der Waals surface area contributed by atoms with Gasteiger partial charge in [-0.3, -0.25) is 4.79 Å². The predicted octanol–water partition coefficient (Wildman–Crippen LogP) is 0.873. The fraction of sp³-hybridized carbons (Fsp3) is 0.579. The minimum atomic E-state index is -0.749. The molecule has 142 valence electrons. The molecule has 0 saturated carbocycles. The SMILES string of the molecule is COc1ccc(C[C@H]2NCC(=O)[C@H]2OC(=O)NC[C@@H]2CCCNC2)cc1. The Morgan fingerprint density at radius 3 is 2.81 bits per heavy atom. The van der Waals surface area contributed by atoms with Crippen LogP contribution in [-0.2, 0) is 16.0 Å². The lowest BCUT2D eigenvalue weighted by Crippen LogP contribution is -2.42. The van der Waals surface area contributed by atoms with Gasteiger partial charge in [0.15, 0.2) is 11.9 Å². The van der Waals surface area contributed by atoms with E-state index in [1.54, 1.807) is 7.11 Å². The van der Waals surface area contributed by atoms with Gasteiger partial charge in [0.05, 0.1) is 19.7 Å². The smallest absolute Gasteiger partial charge is 0.407 e. The lowest BCUT2D eigenvalue weighted by molar-refractivity contribution is -0.123. The van der Waals surface area contributed by atoms with E-state index in [9.17, 15) is 9.59 Å². The van der Waals surface area contributed by atoms with Gasteiger partial charge in [-0.25, -0.2) is 4.79 Å². The zero-order valence-corrected chi connectivity index (χ0v) is 15.1. The highest BCUT2D eigenvalue weighted by molar-refractivity contribution is 5.90. The summed E-state index contributed by atoms with van der Waals surface area (Å²) in [4.78, 5) is 24.2. The molecule has 7 heteroatoms. The first-order valence-electron chi connectivity index (χ1n) is 9.20. The summed E-state index contributed by atoms with van der Waals surface area (Å²) in [5.41, 5.74) is 1.06. The number of nitrogens with one attached hydrogen (secondary N) is 3. The number of piperidine rings is 1. The third-order valence-corrected chi connectivity index (χ3v) is 5.00. The van der Waals surface area contributed by atoms with Crippen LogP contribution < -0.4 is 20.7 Å². The van der Waals surface area contributed by atoms with Gasteiger partial charge in [-0.2, -0.15) is 0 Å². The third kappa shape index (κ3) is 4.95. The molecule has 0 aromatic heterocycles. The van der Waals surface area contributed by atoms with E-state index in [-0.39, 0.29) is 18.4 Å². The molecule has 1 aromatic carbocycles. The number of Topliss-reactive ketones (excluding diaryl/α,β-unsaturated/α-hetero) is 1. The van der Waals surface area contributed by atoms with Crippen LogP contribution in [0.1, 0.15) is 18.4 Å². The molecule has 0 radical (unpaired) electrons. The highest BCUT2D eigenvalue weighted by Gasteiger charge is 2.37. The Morgan fingerprint density at radius 1 is 1.31 bits per heavy atom. The Bertz CT molecular complexity index is 614. The second-order valence-electron chi connectivity index (χ2n) is 6.93. The largest absolute Gasteiger partial charge is 0.497 e. The molecule has 3 atom stereocenters. The first-order valence-corrected chi connectivity index (χ1v) is 9.20. The quantitative estimate of drug-likeness (QED) is 0.697. The topological polar surface area (TPSA) is 88.7 Å². The normalized spacial score (nSPS) is 25.7. The maximum absolute atomic E-state index is 12.1. The molecule has 2 aliphatic rings. The van der Waals surface area contributed by atoms with E-state index >= 15 is 0 Å². The van der Waals surface area contributed by atoms with Gasteiger partial charge in [-0.05, 0) is 56.0 Å². The number of ketones is 1. The lowest BCUT2D eigenvalue weighted by Gasteiger charge is -2.24. The zero-order valence-electron chi connectivity index (χ0n) is 15.1. The van der Waals surface area contributed by atoms with Crippen molar-refractivity contribution in [1.29, 1.82) is 0 Å². The lowest BCUT2D eigenvalue weighted by atomic mass is 10.00. The van der Waals surface area contributed by atoms with Crippen LogP contribution in [-0.4, -0.2) is 57.3 Å². The van der Waals surface area contributed by atoms with Crippen LogP contribution in [0.5, 0.6) is 5.75 Å². The highest BCUT2D eigenvalue weighted by atomic mass is 16.6. The number of carbonyl (C=O) groups is 2. The number of hydrogen-bond acceptors (Lipinski definition) is 6. The fourth-order valence-electron chi connectivity index (χ4n) is 3.49. The van der Waals surface area contributed by atoms with Crippen LogP contribution in [0.2, 0.25) is 0 Å². The molecule has 3 N–H and O–H groups in total. The minimum Gasteiger partial charge on any atom is -0.497 e. The number of hydrogen-bond donors (Lipinski definition) is 3. The van der Waals surface area contributed by atoms with E-state index in [1.807, 2.05) is 24.3 Å². The molecule has 26 heavy (non-hydrogen) atoms. The number of carbonyl (C=O) groups excluding carboxylic acids is 2. The number of methoxy groups -OCH3 is 1. The fourth-order valence-corrected chi connectivity index (χ4v) is 3.49. The van der Waals surface area contributed by atoms with Crippen LogP contribution in [0.4, 0.5) is 4.79 Å². The van der Waals surface area contributed by atoms with E-state index in [0.717, 1.165) is 37.2 Å². The summed E-state index contributed by atoms with van der Waals surface area (Å²) in [6.45, 7) is 2.75. The van der Waals surface area contributed by atoms with Gasteiger partial charge in [0.1, 0.15) is 5.75 Å². The van der Waals surface area contributed by atoms with Gasteiger partial charge in [0.2, 0.25) is 0 Å². The van der Waals surface area contributed by atoms with Crippen LogP contribution in [0, 0.1) is 5.92 Å². The Morgan fingerprint density at radius 2 is 2.12 bits per heavy atom. The van der Waals surface area contributed by atoms with Crippen LogP contribution >= 0.6 is 0 Å². The predicted molar refractivity (Wildman–Crippen MR) is 97.4 cm³/mol. The molecule has 3 rings (SSSR count). The molecule has 0 bridgehead atoms. The molecule has 7 nitrogen and oxygen atoms in total. The van der Waals surface area contributed by atoms with Gasteiger partial charge in [-0.1, -0.05) is 12.1 Å². The van der Waals surface area contributed by atoms with E-state index in [0.29, 0.717) is 18.9 Å². The average Bonchev–Trinajstić information content (AvgIpc) is 3.01. The number of ether oxygens (including phenoxy) is 2. The minimum absolute atomic E-state index is 0.0852. The Kier molecular flexibility index (Phi) is 6.46. The third-order valence-electron chi connectivity index (χ3n) is 5.00. The summed E-state index contributed by atoms with van der Waals surface area (Å²) < 4.78 is 10.6. The van der Waals surface area contributed by atoms with E-state index in [4.69, 9.17) is 9.47 Å². The molecular formula is C19H27N3O4. The molecule has 2 heterocycles. The summed E-state index contributed by atoms with van der Waals surface area (Å²) >= 11 is 0. The summed E-state index contributed by atoms with van der Waals surface area (Å²) in [6, 6.07) is 7.46. The summed E-state index contributed by atoms with van der Waals surface area (Å²) in [5.74, 6) is 1.12. The summed E-state index contributed by atoms with van der Waals surface area (Å²) in [6.07, 6.45) is 1.56. The molecule has 1 aromatic rings. The van der Waals surface area contributed by atoms with E-state index in [2.05, 4.69) is 16.0 Å². The molecule has 0 unspecified atom stereocenters. The van der Waals surface area contributed by atoms with E-state index < -0.39 is 12.2 Å². The van der Waals surface area contributed by atoms with Crippen molar-refractivity contribution in [1.82, 2.24) is 16.0 Å². The molecule has 1 amide bonds. The number of alkyl carbamates (subject to hydrolysis) is 1. The van der Waals surface area contributed by atoms with Gasteiger partial charge in [0.25, 0.3) is 0 Å².